The zero-order valence-electron chi connectivity index (χ0n) is 11.6. The van der Waals surface area contributed by atoms with Gasteiger partial charge in [0.1, 0.15) is 0 Å². The molecule has 1 N–H and O–H groups in total. The Morgan fingerprint density at radius 3 is 2.85 bits per heavy atom. The SMILES string of the molecule is CNC1COCC1C(=O)N1CCN(c2nccs2)CC1. The number of aromatic nitrogens is 1. The van der Waals surface area contributed by atoms with Crippen molar-refractivity contribution in [3.8, 4) is 0 Å². The van der Waals surface area contributed by atoms with E-state index in [4.69, 9.17) is 4.74 Å². The van der Waals surface area contributed by atoms with Crippen LogP contribution in [0.4, 0.5) is 5.13 Å². The third-order valence-corrected chi connectivity index (χ3v) is 4.88. The number of amides is 1. The number of nitrogens with one attached hydrogen (secondary N) is 1. The molecule has 2 unspecified atom stereocenters. The largest absolute Gasteiger partial charge is 0.379 e. The molecule has 110 valence electrons. The fourth-order valence-electron chi connectivity index (χ4n) is 2.81. The van der Waals surface area contributed by atoms with E-state index in [0.29, 0.717) is 13.2 Å². The number of carbonyl (C=O) groups is 1. The molecule has 3 heterocycles. The van der Waals surface area contributed by atoms with Crippen LogP contribution in [0.3, 0.4) is 0 Å². The standard InChI is InChI=1S/C13H20N4O2S/c1-14-11-9-19-8-10(11)12(18)16-3-5-17(6-4-16)13-15-2-7-20-13/h2,7,10-11,14H,3-6,8-9H2,1H3. The summed E-state index contributed by atoms with van der Waals surface area (Å²) in [6.45, 7) is 4.42. The van der Waals surface area contributed by atoms with Gasteiger partial charge < -0.3 is 19.9 Å². The van der Waals surface area contributed by atoms with Gasteiger partial charge >= 0.3 is 0 Å². The summed E-state index contributed by atoms with van der Waals surface area (Å²) in [7, 11) is 1.89. The van der Waals surface area contributed by atoms with Crippen molar-refractivity contribution in [2.75, 3.05) is 51.3 Å². The monoisotopic (exact) mass is 296 g/mol. The molecular weight excluding hydrogens is 276 g/mol. The fourth-order valence-corrected chi connectivity index (χ4v) is 3.50. The Bertz CT molecular complexity index is 445. The van der Waals surface area contributed by atoms with E-state index in [9.17, 15) is 4.79 Å². The lowest BCUT2D eigenvalue weighted by atomic mass is 10.0. The van der Waals surface area contributed by atoms with E-state index in [1.807, 2.05) is 23.5 Å². The van der Waals surface area contributed by atoms with Gasteiger partial charge in [0.15, 0.2) is 5.13 Å². The van der Waals surface area contributed by atoms with Crippen molar-refractivity contribution in [1.82, 2.24) is 15.2 Å². The van der Waals surface area contributed by atoms with Gasteiger partial charge in [-0.3, -0.25) is 4.79 Å². The number of hydrogen-bond donors (Lipinski definition) is 1. The second-order valence-corrected chi connectivity index (χ2v) is 6.04. The van der Waals surface area contributed by atoms with Crippen molar-refractivity contribution < 1.29 is 9.53 Å². The quantitative estimate of drug-likeness (QED) is 0.852. The molecule has 0 bridgehead atoms. The van der Waals surface area contributed by atoms with Crippen molar-refractivity contribution in [2.24, 2.45) is 5.92 Å². The number of piperazine rings is 1. The summed E-state index contributed by atoms with van der Waals surface area (Å²) < 4.78 is 5.42. The summed E-state index contributed by atoms with van der Waals surface area (Å²) in [6, 6.07) is 0.152. The van der Waals surface area contributed by atoms with E-state index >= 15 is 0 Å². The summed E-state index contributed by atoms with van der Waals surface area (Å²) in [5.41, 5.74) is 0. The summed E-state index contributed by atoms with van der Waals surface area (Å²) in [6.07, 6.45) is 1.82. The van der Waals surface area contributed by atoms with Crippen LogP contribution >= 0.6 is 11.3 Å². The Hall–Kier alpha value is -1.18. The highest BCUT2D eigenvalue weighted by Gasteiger charge is 2.36. The first-order chi connectivity index (χ1) is 9.79. The van der Waals surface area contributed by atoms with Crippen LogP contribution in [0.15, 0.2) is 11.6 Å². The first-order valence-corrected chi connectivity index (χ1v) is 7.86. The number of ether oxygens (including phenoxy) is 1. The molecule has 1 amide bonds. The van der Waals surface area contributed by atoms with Gasteiger partial charge in [-0.15, -0.1) is 11.3 Å². The molecule has 0 radical (unpaired) electrons. The molecule has 0 aliphatic carbocycles. The van der Waals surface area contributed by atoms with Gasteiger partial charge in [0.05, 0.1) is 19.1 Å². The number of nitrogens with zero attached hydrogens (tertiary/aromatic N) is 3. The van der Waals surface area contributed by atoms with Gasteiger partial charge in [0.2, 0.25) is 5.91 Å². The third-order valence-electron chi connectivity index (χ3n) is 4.05. The maximum Gasteiger partial charge on any atom is 0.229 e. The maximum absolute atomic E-state index is 12.5. The van der Waals surface area contributed by atoms with Gasteiger partial charge in [-0.05, 0) is 7.05 Å². The summed E-state index contributed by atoms with van der Waals surface area (Å²) in [4.78, 5) is 21.1. The minimum Gasteiger partial charge on any atom is -0.379 e. The highest BCUT2D eigenvalue weighted by Crippen LogP contribution is 2.21. The van der Waals surface area contributed by atoms with Crippen molar-refractivity contribution in [2.45, 2.75) is 6.04 Å². The number of likely N-dealkylation sites (N-methyl/N-ethyl adjacent to an activating group) is 1. The van der Waals surface area contributed by atoms with Crippen molar-refractivity contribution in [1.29, 1.82) is 0 Å². The summed E-state index contributed by atoms with van der Waals surface area (Å²) >= 11 is 1.65. The smallest absolute Gasteiger partial charge is 0.229 e. The summed E-state index contributed by atoms with van der Waals surface area (Å²) in [5.74, 6) is 0.187. The molecule has 0 saturated carbocycles. The second kappa shape index (κ2) is 6.07. The van der Waals surface area contributed by atoms with E-state index in [2.05, 4.69) is 15.2 Å². The average molecular weight is 296 g/mol. The van der Waals surface area contributed by atoms with Gasteiger partial charge in [-0.25, -0.2) is 4.98 Å². The van der Waals surface area contributed by atoms with E-state index in [1.165, 1.54) is 0 Å². The Morgan fingerprint density at radius 2 is 2.20 bits per heavy atom. The Kier molecular flexibility index (Phi) is 4.18. The lowest BCUT2D eigenvalue weighted by molar-refractivity contribution is -0.136. The Labute approximate surface area is 122 Å². The zero-order chi connectivity index (χ0) is 13.9. The molecule has 20 heavy (non-hydrogen) atoms. The van der Waals surface area contributed by atoms with Crippen LogP contribution < -0.4 is 10.2 Å². The topological polar surface area (TPSA) is 57.7 Å². The molecule has 0 aromatic carbocycles. The molecule has 2 aliphatic rings. The van der Waals surface area contributed by atoms with Crippen molar-refractivity contribution in [3.05, 3.63) is 11.6 Å². The molecule has 0 spiro atoms. The van der Waals surface area contributed by atoms with Crippen LogP contribution in [0.5, 0.6) is 0 Å². The number of anilines is 1. The minimum atomic E-state index is -0.0357. The molecule has 1 aromatic heterocycles. The lowest BCUT2D eigenvalue weighted by Crippen LogP contribution is -2.53. The van der Waals surface area contributed by atoms with E-state index in [-0.39, 0.29) is 17.9 Å². The highest BCUT2D eigenvalue weighted by molar-refractivity contribution is 7.13. The van der Waals surface area contributed by atoms with Gasteiger partial charge in [-0.2, -0.15) is 0 Å². The number of rotatable bonds is 3. The highest BCUT2D eigenvalue weighted by atomic mass is 32.1. The van der Waals surface area contributed by atoms with Gasteiger partial charge in [-0.1, -0.05) is 0 Å². The number of hydrogen-bond acceptors (Lipinski definition) is 6. The minimum absolute atomic E-state index is 0.0357. The normalized spacial score (nSPS) is 27.1. The molecular formula is C13H20N4O2S. The second-order valence-electron chi connectivity index (χ2n) is 5.17. The molecule has 1 aromatic rings. The molecule has 3 rings (SSSR count). The average Bonchev–Trinajstić information content (AvgIpc) is 3.17. The zero-order valence-corrected chi connectivity index (χ0v) is 12.4. The van der Waals surface area contributed by atoms with Gasteiger partial charge in [0.25, 0.3) is 0 Å². The fraction of sp³-hybridized carbons (Fsp3) is 0.692. The van der Waals surface area contributed by atoms with E-state index < -0.39 is 0 Å². The first kappa shape index (κ1) is 13.8. The predicted molar refractivity (Wildman–Crippen MR) is 78.1 cm³/mol. The first-order valence-electron chi connectivity index (χ1n) is 6.98. The van der Waals surface area contributed by atoms with Gasteiger partial charge in [0, 0.05) is 43.8 Å². The molecule has 2 aliphatic heterocycles. The Balaban J connectivity index is 1.56. The third kappa shape index (κ3) is 2.65. The molecule has 2 fully saturated rings. The maximum atomic E-state index is 12.5. The molecule has 2 atom stereocenters. The van der Waals surface area contributed by atoms with E-state index in [0.717, 1.165) is 31.3 Å². The molecule has 6 nitrogen and oxygen atoms in total. The predicted octanol–water partition coefficient (Wildman–Crippen LogP) is 0.0261. The van der Waals surface area contributed by atoms with Crippen LogP contribution in [0.25, 0.3) is 0 Å². The molecule has 7 heteroatoms. The van der Waals surface area contributed by atoms with Crippen molar-refractivity contribution >= 4 is 22.4 Å². The van der Waals surface area contributed by atoms with Crippen molar-refractivity contribution in [3.63, 3.8) is 0 Å². The Morgan fingerprint density at radius 1 is 1.40 bits per heavy atom. The lowest BCUT2D eigenvalue weighted by Gasteiger charge is -2.36. The van der Waals surface area contributed by atoms with Crippen LogP contribution in [-0.2, 0) is 9.53 Å². The van der Waals surface area contributed by atoms with E-state index in [1.54, 1.807) is 11.3 Å². The number of thiazole rings is 1. The summed E-state index contributed by atoms with van der Waals surface area (Å²) in [5, 5.41) is 6.21. The number of carbonyl (C=O) groups excluding carboxylic acids is 1. The van der Waals surface area contributed by atoms with Crippen LogP contribution in [0.2, 0.25) is 0 Å². The van der Waals surface area contributed by atoms with Crippen LogP contribution in [0.1, 0.15) is 0 Å². The van der Waals surface area contributed by atoms with Crippen LogP contribution in [-0.4, -0.2) is 68.3 Å². The molecule has 2 saturated heterocycles. The van der Waals surface area contributed by atoms with Crippen LogP contribution in [0, 0.1) is 5.92 Å².